The van der Waals surface area contributed by atoms with Gasteiger partial charge in [-0.1, -0.05) is 0 Å². The van der Waals surface area contributed by atoms with Crippen LogP contribution in [-0.2, 0) is 19.0 Å². The maximum atomic E-state index is 11.4. The van der Waals surface area contributed by atoms with Gasteiger partial charge >= 0.3 is 5.97 Å². The average Bonchev–Trinajstić information content (AvgIpc) is 3.16. The topological polar surface area (TPSA) is 48.0 Å². The van der Waals surface area contributed by atoms with Crippen molar-refractivity contribution in [2.75, 3.05) is 46.6 Å². The second-order valence-electron chi connectivity index (χ2n) is 4.47. The lowest BCUT2D eigenvalue weighted by atomic mass is 10.3. The van der Waals surface area contributed by atoms with Crippen LogP contribution in [0.25, 0.3) is 0 Å². The Morgan fingerprint density at radius 2 is 2.06 bits per heavy atom. The summed E-state index contributed by atoms with van der Waals surface area (Å²) in [7, 11) is 1.66. The van der Waals surface area contributed by atoms with Gasteiger partial charge in [-0.05, 0) is 26.2 Å². The number of ether oxygens (including phenoxy) is 3. The number of hydrogen-bond acceptors (Lipinski definition) is 5. The summed E-state index contributed by atoms with van der Waals surface area (Å²) in [5.74, 6) is -0.121. The fourth-order valence-corrected chi connectivity index (χ4v) is 1.82. The van der Waals surface area contributed by atoms with Crippen molar-refractivity contribution in [2.45, 2.75) is 32.2 Å². The predicted molar refractivity (Wildman–Crippen MR) is 68.5 cm³/mol. The Kier molecular flexibility index (Phi) is 7.96. The third kappa shape index (κ3) is 6.93. The molecule has 0 amide bonds. The summed E-state index contributed by atoms with van der Waals surface area (Å²) >= 11 is 0. The SMILES string of the molecule is CCOC(=O)CN(CCCOCCOC)C1CC1. The van der Waals surface area contributed by atoms with Crippen LogP contribution in [0.15, 0.2) is 0 Å². The molecule has 0 bridgehead atoms. The highest BCUT2D eigenvalue weighted by atomic mass is 16.5. The second kappa shape index (κ2) is 9.30. The monoisotopic (exact) mass is 259 g/mol. The number of carbonyl (C=O) groups excluding carboxylic acids is 1. The zero-order valence-corrected chi connectivity index (χ0v) is 11.5. The lowest BCUT2D eigenvalue weighted by Gasteiger charge is -2.20. The van der Waals surface area contributed by atoms with E-state index < -0.39 is 0 Å². The molecule has 0 radical (unpaired) electrons. The van der Waals surface area contributed by atoms with E-state index in [9.17, 15) is 4.79 Å². The van der Waals surface area contributed by atoms with E-state index in [4.69, 9.17) is 14.2 Å². The fourth-order valence-electron chi connectivity index (χ4n) is 1.82. The van der Waals surface area contributed by atoms with E-state index in [-0.39, 0.29) is 5.97 Å². The molecule has 0 aliphatic heterocycles. The van der Waals surface area contributed by atoms with Crippen LogP contribution in [0, 0.1) is 0 Å². The number of rotatable bonds is 11. The van der Waals surface area contributed by atoms with Crippen LogP contribution >= 0.6 is 0 Å². The molecule has 0 saturated heterocycles. The molecular formula is C13H25NO4. The summed E-state index contributed by atoms with van der Waals surface area (Å²) < 4.78 is 15.3. The molecule has 0 atom stereocenters. The van der Waals surface area contributed by atoms with Gasteiger partial charge in [0.1, 0.15) is 0 Å². The van der Waals surface area contributed by atoms with Crippen LogP contribution in [0.1, 0.15) is 26.2 Å². The van der Waals surface area contributed by atoms with Gasteiger partial charge in [0.15, 0.2) is 0 Å². The van der Waals surface area contributed by atoms with E-state index in [2.05, 4.69) is 4.90 Å². The van der Waals surface area contributed by atoms with Crippen LogP contribution in [-0.4, -0.2) is 63.5 Å². The largest absolute Gasteiger partial charge is 0.465 e. The molecule has 106 valence electrons. The van der Waals surface area contributed by atoms with Crippen molar-refractivity contribution in [3.05, 3.63) is 0 Å². The maximum absolute atomic E-state index is 11.4. The Morgan fingerprint density at radius 3 is 2.67 bits per heavy atom. The number of carbonyl (C=O) groups is 1. The molecule has 0 aromatic heterocycles. The Balaban J connectivity index is 2.08. The lowest BCUT2D eigenvalue weighted by molar-refractivity contribution is -0.144. The molecule has 1 rings (SSSR count). The molecule has 1 aliphatic carbocycles. The molecule has 1 saturated carbocycles. The van der Waals surface area contributed by atoms with E-state index in [0.717, 1.165) is 19.6 Å². The Morgan fingerprint density at radius 1 is 1.28 bits per heavy atom. The molecule has 0 spiro atoms. The first-order valence-electron chi connectivity index (χ1n) is 6.74. The lowest BCUT2D eigenvalue weighted by Crippen LogP contribution is -2.34. The van der Waals surface area contributed by atoms with Crippen molar-refractivity contribution >= 4 is 5.97 Å². The average molecular weight is 259 g/mol. The van der Waals surface area contributed by atoms with Gasteiger partial charge in [-0.15, -0.1) is 0 Å². The van der Waals surface area contributed by atoms with E-state index in [1.807, 2.05) is 6.92 Å². The minimum absolute atomic E-state index is 0.121. The molecule has 0 heterocycles. The van der Waals surface area contributed by atoms with Gasteiger partial charge in [-0.3, -0.25) is 9.69 Å². The minimum Gasteiger partial charge on any atom is -0.465 e. The Labute approximate surface area is 109 Å². The highest BCUT2D eigenvalue weighted by Gasteiger charge is 2.30. The molecule has 0 N–H and O–H groups in total. The normalized spacial score (nSPS) is 15.1. The van der Waals surface area contributed by atoms with Gasteiger partial charge in [0.2, 0.25) is 0 Å². The first kappa shape index (κ1) is 15.4. The van der Waals surface area contributed by atoms with Gasteiger partial charge < -0.3 is 14.2 Å². The predicted octanol–water partition coefficient (Wildman–Crippen LogP) is 1.07. The summed E-state index contributed by atoms with van der Waals surface area (Å²) in [6.45, 7) is 5.59. The van der Waals surface area contributed by atoms with E-state index in [0.29, 0.717) is 32.4 Å². The van der Waals surface area contributed by atoms with Crippen molar-refractivity contribution in [3.8, 4) is 0 Å². The smallest absolute Gasteiger partial charge is 0.320 e. The molecule has 18 heavy (non-hydrogen) atoms. The molecule has 5 heteroatoms. The van der Waals surface area contributed by atoms with Gasteiger partial charge in [0, 0.05) is 26.3 Å². The van der Waals surface area contributed by atoms with Crippen molar-refractivity contribution < 1.29 is 19.0 Å². The van der Waals surface area contributed by atoms with Crippen molar-refractivity contribution in [1.29, 1.82) is 0 Å². The maximum Gasteiger partial charge on any atom is 0.320 e. The van der Waals surface area contributed by atoms with Gasteiger partial charge in [-0.2, -0.15) is 0 Å². The number of hydrogen-bond donors (Lipinski definition) is 0. The van der Waals surface area contributed by atoms with Crippen molar-refractivity contribution in [2.24, 2.45) is 0 Å². The highest BCUT2D eigenvalue weighted by molar-refractivity contribution is 5.71. The first-order valence-corrected chi connectivity index (χ1v) is 6.74. The molecule has 1 fully saturated rings. The van der Waals surface area contributed by atoms with E-state index in [1.54, 1.807) is 7.11 Å². The van der Waals surface area contributed by atoms with Crippen LogP contribution in [0.5, 0.6) is 0 Å². The van der Waals surface area contributed by atoms with Crippen LogP contribution < -0.4 is 0 Å². The molecule has 0 aromatic carbocycles. The van der Waals surface area contributed by atoms with E-state index in [1.165, 1.54) is 12.8 Å². The molecule has 5 nitrogen and oxygen atoms in total. The summed E-state index contributed by atoms with van der Waals surface area (Å²) in [5.41, 5.74) is 0. The number of esters is 1. The third-order valence-corrected chi connectivity index (χ3v) is 2.87. The van der Waals surface area contributed by atoms with Gasteiger partial charge in [0.05, 0.1) is 26.4 Å². The summed E-state index contributed by atoms with van der Waals surface area (Å²) in [4.78, 5) is 13.7. The van der Waals surface area contributed by atoms with Gasteiger partial charge in [0.25, 0.3) is 0 Å². The van der Waals surface area contributed by atoms with Crippen molar-refractivity contribution in [1.82, 2.24) is 4.90 Å². The van der Waals surface area contributed by atoms with Crippen molar-refractivity contribution in [3.63, 3.8) is 0 Å². The van der Waals surface area contributed by atoms with E-state index >= 15 is 0 Å². The Hall–Kier alpha value is -0.650. The van der Waals surface area contributed by atoms with Crippen LogP contribution in [0.4, 0.5) is 0 Å². The van der Waals surface area contributed by atoms with Crippen LogP contribution in [0.3, 0.4) is 0 Å². The number of nitrogens with zero attached hydrogens (tertiary/aromatic N) is 1. The second-order valence-corrected chi connectivity index (χ2v) is 4.47. The third-order valence-electron chi connectivity index (χ3n) is 2.87. The summed E-state index contributed by atoms with van der Waals surface area (Å²) in [5, 5.41) is 0. The van der Waals surface area contributed by atoms with Crippen LogP contribution in [0.2, 0.25) is 0 Å². The first-order chi connectivity index (χ1) is 8.77. The van der Waals surface area contributed by atoms with Gasteiger partial charge in [-0.25, -0.2) is 0 Å². The Bertz CT molecular complexity index is 231. The zero-order valence-electron chi connectivity index (χ0n) is 11.5. The fraction of sp³-hybridized carbons (Fsp3) is 0.923. The minimum atomic E-state index is -0.121. The quantitative estimate of drug-likeness (QED) is 0.410. The standard InChI is InChI=1S/C13H25NO4/c1-3-18-13(15)11-14(12-5-6-12)7-4-8-17-10-9-16-2/h12H,3-11H2,1-2H3. The number of methoxy groups -OCH3 is 1. The zero-order chi connectivity index (χ0) is 13.2. The summed E-state index contributed by atoms with van der Waals surface area (Å²) in [6.07, 6.45) is 3.34. The molecule has 0 aromatic rings. The molecule has 0 unspecified atom stereocenters. The molecular weight excluding hydrogens is 234 g/mol. The highest BCUT2D eigenvalue weighted by Crippen LogP contribution is 2.26. The summed E-state index contributed by atoms with van der Waals surface area (Å²) in [6, 6.07) is 0.577. The molecule has 1 aliphatic rings.